The summed E-state index contributed by atoms with van der Waals surface area (Å²) < 4.78 is 12.6. The Hall–Kier alpha value is -2.93. The molecule has 0 radical (unpaired) electrons. The summed E-state index contributed by atoms with van der Waals surface area (Å²) in [6.45, 7) is 0.756. The molecule has 0 bridgehead atoms. The van der Waals surface area contributed by atoms with Gasteiger partial charge in [0, 0.05) is 5.69 Å². The van der Waals surface area contributed by atoms with E-state index >= 15 is 0 Å². The van der Waals surface area contributed by atoms with E-state index in [-0.39, 0.29) is 5.91 Å². The molecule has 1 heterocycles. The zero-order valence-corrected chi connectivity index (χ0v) is 16.0. The Bertz CT molecular complexity index is 879. The van der Waals surface area contributed by atoms with E-state index in [4.69, 9.17) is 9.47 Å². The van der Waals surface area contributed by atoms with Gasteiger partial charge in [0.05, 0.1) is 19.9 Å². The zero-order chi connectivity index (χ0) is 19.1. The molecule has 0 atom stereocenters. The van der Waals surface area contributed by atoms with Crippen LogP contribution in [0.2, 0.25) is 0 Å². The number of aromatic nitrogens is 2. The largest absolute Gasteiger partial charge is 0.497 e. The molecule has 27 heavy (non-hydrogen) atoms. The number of nitrogens with zero attached hydrogens (tertiary/aromatic N) is 2. The van der Waals surface area contributed by atoms with Gasteiger partial charge in [0.1, 0.15) is 23.8 Å². The highest BCUT2D eigenvalue weighted by Gasteiger charge is 2.17. The summed E-state index contributed by atoms with van der Waals surface area (Å²) in [5.74, 6) is 1.31. The van der Waals surface area contributed by atoms with E-state index in [1.807, 2.05) is 65.4 Å². The van der Waals surface area contributed by atoms with Crippen LogP contribution in [0.15, 0.2) is 66.0 Å². The maximum Gasteiger partial charge on any atom is 0.270 e. The molecule has 0 aliphatic rings. The van der Waals surface area contributed by atoms with Crippen molar-refractivity contribution in [3.05, 3.63) is 66.5 Å². The Labute approximate surface area is 162 Å². The second kappa shape index (κ2) is 9.14. The average Bonchev–Trinajstić information content (AvgIpc) is 3.16. The molecule has 3 rings (SSSR count). The molecular formula is C20H21N3O3S. The maximum atomic E-state index is 12.6. The van der Waals surface area contributed by atoms with E-state index in [1.165, 1.54) is 11.8 Å². The first kappa shape index (κ1) is 18.8. The molecule has 1 N–H and O–H groups in total. The second-order valence-electron chi connectivity index (χ2n) is 5.58. The Morgan fingerprint density at radius 3 is 2.48 bits per heavy atom. The van der Waals surface area contributed by atoms with E-state index in [0.717, 1.165) is 22.3 Å². The number of thioether (sulfide) groups is 1. The Balaban J connectivity index is 1.60. The van der Waals surface area contributed by atoms with Crippen molar-refractivity contribution in [2.75, 3.05) is 26.5 Å². The third-order valence-corrected chi connectivity index (χ3v) is 4.53. The summed E-state index contributed by atoms with van der Waals surface area (Å²) in [5, 5.41) is 3.65. The number of rotatable bonds is 8. The van der Waals surface area contributed by atoms with Crippen LogP contribution >= 0.6 is 11.8 Å². The third-order valence-electron chi connectivity index (χ3n) is 3.87. The van der Waals surface area contributed by atoms with Gasteiger partial charge in [-0.2, -0.15) is 0 Å². The highest BCUT2D eigenvalue weighted by atomic mass is 32.2. The highest BCUT2D eigenvalue weighted by Crippen LogP contribution is 2.21. The fourth-order valence-electron chi connectivity index (χ4n) is 2.56. The molecule has 7 heteroatoms. The Kier molecular flexibility index (Phi) is 6.38. The van der Waals surface area contributed by atoms with Gasteiger partial charge in [-0.05, 0) is 42.7 Å². The van der Waals surface area contributed by atoms with Gasteiger partial charge in [-0.1, -0.05) is 30.0 Å². The van der Waals surface area contributed by atoms with E-state index < -0.39 is 0 Å². The van der Waals surface area contributed by atoms with Crippen molar-refractivity contribution in [2.24, 2.45) is 0 Å². The van der Waals surface area contributed by atoms with Crippen LogP contribution in [0.5, 0.6) is 11.5 Å². The first-order chi connectivity index (χ1) is 13.2. The number of carbonyl (C=O) groups excluding carboxylic acids is 1. The predicted octanol–water partition coefficient (Wildman–Crippen LogP) is 3.41. The summed E-state index contributed by atoms with van der Waals surface area (Å²) in [6, 6.07) is 17.0. The van der Waals surface area contributed by atoms with Gasteiger partial charge >= 0.3 is 0 Å². The molecule has 3 aromatic rings. The minimum absolute atomic E-state index is 0.190. The van der Waals surface area contributed by atoms with E-state index in [2.05, 4.69) is 10.3 Å². The van der Waals surface area contributed by atoms with Crippen LogP contribution in [0.25, 0.3) is 5.69 Å². The van der Waals surface area contributed by atoms with Gasteiger partial charge in [-0.25, -0.2) is 4.98 Å². The van der Waals surface area contributed by atoms with E-state index in [0.29, 0.717) is 18.8 Å². The summed E-state index contributed by atoms with van der Waals surface area (Å²) in [6.07, 6.45) is 3.53. The monoisotopic (exact) mass is 383 g/mol. The number of ether oxygens (including phenoxy) is 2. The molecular weight excluding hydrogens is 362 g/mol. The second-order valence-corrected chi connectivity index (χ2v) is 6.35. The smallest absolute Gasteiger partial charge is 0.270 e. The van der Waals surface area contributed by atoms with Crippen molar-refractivity contribution in [1.82, 2.24) is 14.9 Å². The minimum atomic E-state index is -0.190. The SMILES string of the molecule is COc1ccc(OCCNC(=O)c2cnc(SC)n2-c2ccccc2)cc1. The van der Waals surface area contributed by atoms with Crippen LogP contribution in [0.4, 0.5) is 0 Å². The lowest BCUT2D eigenvalue weighted by Gasteiger charge is -2.11. The van der Waals surface area contributed by atoms with Crippen LogP contribution in [-0.4, -0.2) is 42.0 Å². The molecule has 1 aromatic heterocycles. The number of carbonyl (C=O) groups is 1. The number of para-hydroxylation sites is 1. The molecule has 0 spiro atoms. The highest BCUT2D eigenvalue weighted by molar-refractivity contribution is 7.98. The minimum Gasteiger partial charge on any atom is -0.497 e. The van der Waals surface area contributed by atoms with Gasteiger partial charge in [0.2, 0.25) is 0 Å². The number of nitrogens with one attached hydrogen (secondary N) is 1. The fraction of sp³-hybridized carbons (Fsp3) is 0.200. The first-order valence-electron chi connectivity index (χ1n) is 8.45. The zero-order valence-electron chi connectivity index (χ0n) is 15.2. The quantitative estimate of drug-likeness (QED) is 0.477. The molecule has 0 saturated heterocycles. The Morgan fingerprint density at radius 2 is 1.81 bits per heavy atom. The van der Waals surface area contributed by atoms with Crippen molar-refractivity contribution in [1.29, 1.82) is 0 Å². The molecule has 1 amide bonds. The lowest BCUT2D eigenvalue weighted by Crippen LogP contribution is -2.29. The van der Waals surface area contributed by atoms with Gasteiger partial charge in [0.25, 0.3) is 5.91 Å². The molecule has 0 saturated carbocycles. The fourth-order valence-corrected chi connectivity index (χ4v) is 3.11. The molecule has 6 nitrogen and oxygen atoms in total. The van der Waals surface area contributed by atoms with E-state index in [1.54, 1.807) is 13.3 Å². The van der Waals surface area contributed by atoms with Crippen molar-refractivity contribution in [3.8, 4) is 17.2 Å². The van der Waals surface area contributed by atoms with Gasteiger partial charge in [-0.3, -0.25) is 9.36 Å². The van der Waals surface area contributed by atoms with Crippen molar-refractivity contribution < 1.29 is 14.3 Å². The van der Waals surface area contributed by atoms with Crippen LogP contribution < -0.4 is 14.8 Å². The van der Waals surface area contributed by atoms with Gasteiger partial charge in [-0.15, -0.1) is 0 Å². The number of hydrogen-bond acceptors (Lipinski definition) is 5. The number of methoxy groups -OCH3 is 1. The van der Waals surface area contributed by atoms with Crippen LogP contribution in [0.3, 0.4) is 0 Å². The number of benzene rings is 2. The normalized spacial score (nSPS) is 10.4. The first-order valence-corrected chi connectivity index (χ1v) is 9.67. The summed E-state index contributed by atoms with van der Waals surface area (Å²) in [5.41, 5.74) is 1.40. The topological polar surface area (TPSA) is 65.4 Å². The molecule has 0 aliphatic heterocycles. The number of hydrogen-bond donors (Lipinski definition) is 1. The van der Waals surface area contributed by atoms with Gasteiger partial charge in [0.15, 0.2) is 5.16 Å². The Morgan fingerprint density at radius 1 is 1.11 bits per heavy atom. The third kappa shape index (κ3) is 4.62. The van der Waals surface area contributed by atoms with Crippen LogP contribution in [0.1, 0.15) is 10.5 Å². The molecule has 2 aromatic carbocycles. The predicted molar refractivity (Wildman–Crippen MR) is 106 cm³/mol. The summed E-state index contributed by atoms with van der Waals surface area (Å²) in [4.78, 5) is 17.0. The summed E-state index contributed by atoms with van der Waals surface area (Å²) >= 11 is 1.49. The van der Waals surface area contributed by atoms with Crippen molar-refractivity contribution in [3.63, 3.8) is 0 Å². The molecule has 0 unspecified atom stereocenters. The lowest BCUT2D eigenvalue weighted by molar-refractivity contribution is 0.0939. The number of imidazole rings is 1. The van der Waals surface area contributed by atoms with Crippen LogP contribution in [-0.2, 0) is 0 Å². The van der Waals surface area contributed by atoms with Crippen LogP contribution in [0, 0.1) is 0 Å². The van der Waals surface area contributed by atoms with Crippen molar-refractivity contribution in [2.45, 2.75) is 5.16 Å². The average molecular weight is 383 g/mol. The van der Waals surface area contributed by atoms with E-state index in [9.17, 15) is 4.79 Å². The van der Waals surface area contributed by atoms with Crippen molar-refractivity contribution >= 4 is 17.7 Å². The lowest BCUT2D eigenvalue weighted by atomic mass is 10.3. The standard InChI is InChI=1S/C20H21N3O3S/c1-25-16-8-10-17(11-9-16)26-13-12-21-19(24)18-14-22-20(27-2)23(18)15-6-4-3-5-7-15/h3-11,14H,12-13H2,1-2H3,(H,21,24). The molecule has 140 valence electrons. The molecule has 0 fully saturated rings. The summed E-state index contributed by atoms with van der Waals surface area (Å²) in [7, 11) is 1.62. The number of amides is 1. The maximum absolute atomic E-state index is 12.6. The van der Waals surface area contributed by atoms with Gasteiger partial charge < -0.3 is 14.8 Å². The molecule has 0 aliphatic carbocycles.